The second-order valence-corrected chi connectivity index (χ2v) is 7.79. The second kappa shape index (κ2) is 11.5. The van der Waals surface area contributed by atoms with Crippen LogP contribution in [0, 0.1) is 0 Å². The van der Waals surface area contributed by atoms with Gasteiger partial charge in [-0.2, -0.15) is 0 Å². The van der Waals surface area contributed by atoms with Gasteiger partial charge in [0.15, 0.2) is 0 Å². The smallest absolute Gasteiger partial charge is 0.252 e. The molecule has 0 saturated heterocycles. The molecule has 4 aromatic rings. The van der Waals surface area contributed by atoms with Crippen LogP contribution in [0.25, 0.3) is 0 Å². The van der Waals surface area contributed by atoms with Crippen LogP contribution in [0.5, 0.6) is 11.5 Å². The van der Waals surface area contributed by atoms with Crippen LogP contribution in [0.15, 0.2) is 97.2 Å². The predicted octanol–water partition coefficient (Wildman–Crippen LogP) is 4.27. The van der Waals surface area contributed by atoms with Crippen LogP contribution < -0.4 is 20.5 Å². The van der Waals surface area contributed by atoms with E-state index in [1.54, 1.807) is 48.7 Å². The Balaban J connectivity index is 1.29. The summed E-state index contributed by atoms with van der Waals surface area (Å²) in [5.74, 6) is 0.389. The molecule has 0 fully saturated rings. The van der Waals surface area contributed by atoms with Crippen molar-refractivity contribution in [3.05, 3.63) is 125 Å². The van der Waals surface area contributed by atoms with Gasteiger partial charge in [-0.15, -0.1) is 0 Å². The van der Waals surface area contributed by atoms with Gasteiger partial charge in [0.1, 0.15) is 24.7 Å². The van der Waals surface area contributed by atoms with E-state index in [9.17, 15) is 9.59 Å². The van der Waals surface area contributed by atoms with Gasteiger partial charge in [-0.05, 0) is 59.7 Å². The summed E-state index contributed by atoms with van der Waals surface area (Å²) < 4.78 is 11.5. The summed E-state index contributed by atoms with van der Waals surface area (Å²) >= 11 is 0. The maximum atomic E-state index is 12.7. The standard InChI is InChI=1S/C28H25N3O4/c29-27(32)25-9-1-2-10-26(25)35-18-21-6-5-7-22(16-21)28(33)31-17-20-11-13-24(14-12-20)34-19-23-8-3-4-15-30-23/h1-16H,17-19H2,(H2,29,32)(H,31,33). The van der Waals surface area contributed by atoms with Gasteiger partial charge in [-0.1, -0.05) is 42.5 Å². The van der Waals surface area contributed by atoms with Gasteiger partial charge in [0.25, 0.3) is 11.8 Å². The maximum Gasteiger partial charge on any atom is 0.252 e. The van der Waals surface area contributed by atoms with E-state index in [0.717, 1.165) is 22.6 Å². The third-order valence-corrected chi connectivity index (χ3v) is 5.23. The van der Waals surface area contributed by atoms with Gasteiger partial charge < -0.3 is 20.5 Å². The lowest BCUT2D eigenvalue weighted by Crippen LogP contribution is -2.22. The average molecular weight is 468 g/mol. The minimum Gasteiger partial charge on any atom is -0.488 e. The van der Waals surface area contributed by atoms with Crippen molar-refractivity contribution in [3.63, 3.8) is 0 Å². The van der Waals surface area contributed by atoms with Gasteiger partial charge in [0.05, 0.1) is 11.3 Å². The number of primary amides is 1. The zero-order valence-corrected chi connectivity index (χ0v) is 19.0. The number of benzene rings is 3. The van der Waals surface area contributed by atoms with Gasteiger partial charge in [0.2, 0.25) is 0 Å². The van der Waals surface area contributed by atoms with Crippen molar-refractivity contribution in [2.75, 3.05) is 0 Å². The molecule has 7 heteroatoms. The number of amides is 2. The lowest BCUT2D eigenvalue weighted by molar-refractivity contribution is 0.0949. The molecule has 0 bridgehead atoms. The van der Waals surface area contributed by atoms with Crippen molar-refractivity contribution in [1.29, 1.82) is 0 Å². The Kier molecular flexibility index (Phi) is 7.70. The molecule has 2 amide bonds. The first kappa shape index (κ1) is 23.5. The van der Waals surface area contributed by atoms with E-state index in [4.69, 9.17) is 15.2 Å². The quantitative estimate of drug-likeness (QED) is 0.363. The molecule has 0 radical (unpaired) electrons. The lowest BCUT2D eigenvalue weighted by atomic mass is 10.1. The summed E-state index contributed by atoms with van der Waals surface area (Å²) in [6.45, 7) is 0.975. The van der Waals surface area contributed by atoms with E-state index in [-0.39, 0.29) is 12.5 Å². The molecule has 0 aliphatic carbocycles. The molecule has 0 aliphatic heterocycles. The number of hydrogen-bond acceptors (Lipinski definition) is 5. The molecule has 1 aromatic heterocycles. The Morgan fingerprint density at radius 3 is 2.37 bits per heavy atom. The predicted molar refractivity (Wildman–Crippen MR) is 132 cm³/mol. The van der Waals surface area contributed by atoms with E-state index in [2.05, 4.69) is 10.3 Å². The summed E-state index contributed by atoms with van der Waals surface area (Å²) in [4.78, 5) is 28.5. The summed E-state index contributed by atoms with van der Waals surface area (Å²) in [7, 11) is 0. The number of rotatable bonds is 10. The Labute approximate surface area is 203 Å². The zero-order chi connectivity index (χ0) is 24.5. The fourth-order valence-electron chi connectivity index (χ4n) is 3.39. The Morgan fingerprint density at radius 1 is 0.800 bits per heavy atom. The normalized spacial score (nSPS) is 10.4. The molecule has 176 valence electrons. The summed E-state index contributed by atoms with van der Waals surface area (Å²) in [6.07, 6.45) is 1.73. The Bertz CT molecular complexity index is 1290. The molecular formula is C28H25N3O4. The average Bonchev–Trinajstić information content (AvgIpc) is 2.91. The van der Waals surface area contributed by atoms with Crippen molar-refractivity contribution in [2.24, 2.45) is 5.73 Å². The van der Waals surface area contributed by atoms with E-state index in [1.165, 1.54) is 0 Å². The number of hydrogen-bond donors (Lipinski definition) is 2. The van der Waals surface area contributed by atoms with Gasteiger partial charge in [0, 0.05) is 18.3 Å². The van der Waals surface area contributed by atoms with E-state index >= 15 is 0 Å². The third-order valence-electron chi connectivity index (χ3n) is 5.23. The number of nitrogens with zero attached hydrogens (tertiary/aromatic N) is 1. The third kappa shape index (κ3) is 6.68. The number of aromatic nitrogens is 1. The molecule has 0 spiro atoms. The van der Waals surface area contributed by atoms with Gasteiger partial charge >= 0.3 is 0 Å². The van der Waals surface area contributed by atoms with Crippen LogP contribution in [0.3, 0.4) is 0 Å². The van der Waals surface area contributed by atoms with E-state index in [0.29, 0.717) is 30.0 Å². The fraction of sp³-hybridized carbons (Fsp3) is 0.107. The van der Waals surface area contributed by atoms with Crippen molar-refractivity contribution in [3.8, 4) is 11.5 Å². The molecule has 7 nitrogen and oxygen atoms in total. The number of carbonyl (C=O) groups excluding carboxylic acids is 2. The second-order valence-electron chi connectivity index (χ2n) is 7.79. The number of pyridine rings is 1. The van der Waals surface area contributed by atoms with Crippen molar-refractivity contribution >= 4 is 11.8 Å². The first-order valence-corrected chi connectivity index (χ1v) is 11.1. The number of ether oxygens (including phenoxy) is 2. The van der Waals surface area contributed by atoms with Crippen molar-refractivity contribution in [1.82, 2.24) is 10.3 Å². The van der Waals surface area contributed by atoms with Gasteiger partial charge in [-0.25, -0.2) is 0 Å². The van der Waals surface area contributed by atoms with E-state index < -0.39 is 5.91 Å². The van der Waals surface area contributed by atoms with Crippen LogP contribution in [0.1, 0.15) is 37.5 Å². The van der Waals surface area contributed by atoms with Crippen molar-refractivity contribution in [2.45, 2.75) is 19.8 Å². The molecule has 0 aliphatic rings. The molecular weight excluding hydrogens is 442 g/mol. The first-order valence-electron chi connectivity index (χ1n) is 11.1. The number of para-hydroxylation sites is 1. The Morgan fingerprint density at radius 2 is 1.60 bits per heavy atom. The molecule has 4 rings (SSSR count). The van der Waals surface area contributed by atoms with Crippen LogP contribution in [0.2, 0.25) is 0 Å². The molecule has 0 unspecified atom stereocenters. The minimum absolute atomic E-state index is 0.195. The topological polar surface area (TPSA) is 104 Å². The highest BCUT2D eigenvalue weighted by Crippen LogP contribution is 2.19. The summed E-state index contributed by atoms with van der Waals surface area (Å²) in [5.41, 5.74) is 8.83. The molecule has 3 aromatic carbocycles. The van der Waals surface area contributed by atoms with Crippen LogP contribution in [0.4, 0.5) is 0 Å². The van der Waals surface area contributed by atoms with Gasteiger partial charge in [-0.3, -0.25) is 14.6 Å². The molecule has 0 saturated carbocycles. The van der Waals surface area contributed by atoms with Crippen LogP contribution >= 0.6 is 0 Å². The largest absolute Gasteiger partial charge is 0.488 e. The van der Waals surface area contributed by atoms with Crippen LogP contribution in [-0.4, -0.2) is 16.8 Å². The SMILES string of the molecule is NC(=O)c1ccccc1OCc1cccc(C(=O)NCc2ccc(OCc3ccccn3)cc2)c1. The summed E-state index contributed by atoms with van der Waals surface area (Å²) in [5, 5.41) is 2.93. The highest BCUT2D eigenvalue weighted by atomic mass is 16.5. The summed E-state index contributed by atoms with van der Waals surface area (Å²) in [6, 6.07) is 27.2. The monoisotopic (exact) mass is 467 g/mol. The fourth-order valence-corrected chi connectivity index (χ4v) is 3.39. The molecule has 1 heterocycles. The minimum atomic E-state index is -0.554. The first-order chi connectivity index (χ1) is 17.1. The molecule has 0 atom stereocenters. The highest BCUT2D eigenvalue weighted by Gasteiger charge is 2.10. The lowest BCUT2D eigenvalue weighted by Gasteiger charge is -2.11. The number of nitrogens with one attached hydrogen (secondary N) is 1. The Hall–Kier alpha value is -4.65. The van der Waals surface area contributed by atoms with E-state index in [1.807, 2.05) is 48.5 Å². The highest BCUT2D eigenvalue weighted by molar-refractivity contribution is 5.95. The molecule has 3 N–H and O–H groups in total. The number of carbonyl (C=O) groups is 2. The molecule has 35 heavy (non-hydrogen) atoms. The maximum absolute atomic E-state index is 12.7. The number of nitrogens with two attached hydrogens (primary N) is 1. The van der Waals surface area contributed by atoms with Crippen molar-refractivity contribution < 1.29 is 19.1 Å². The zero-order valence-electron chi connectivity index (χ0n) is 19.0. The van der Waals surface area contributed by atoms with Crippen LogP contribution in [-0.2, 0) is 19.8 Å².